The van der Waals surface area contributed by atoms with E-state index in [1.54, 1.807) is 0 Å². The number of benzene rings is 1. The molecule has 5 nitrogen and oxygen atoms in total. The molecule has 0 unspecified atom stereocenters. The van der Waals surface area contributed by atoms with Crippen LogP contribution in [0.1, 0.15) is 51.8 Å². The number of hydrogen-bond donors (Lipinski definition) is 1. The first-order valence-corrected chi connectivity index (χ1v) is 10.2. The van der Waals surface area contributed by atoms with E-state index in [2.05, 4.69) is 48.3 Å². The van der Waals surface area contributed by atoms with Crippen LogP contribution in [0.25, 0.3) is 0 Å². The van der Waals surface area contributed by atoms with E-state index in [0.29, 0.717) is 25.6 Å². The molecule has 1 aromatic rings. The van der Waals surface area contributed by atoms with E-state index in [9.17, 15) is 9.59 Å². The lowest BCUT2D eigenvalue weighted by molar-refractivity contribution is -0.136. The zero-order chi connectivity index (χ0) is 20.0. The number of nitrogens with one attached hydrogen (secondary N) is 1. The van der Waals surface area contributed by atoms with Crippen LogP contribution in [0.5, 0.6) is 0 Å². The number of hydrogen-bond acceptors (Lipinski definition) is 3. The molecule has 150 valence electrons. The van der Waals surface area contributed by atoms with Crippen molar-refractivity contribution in [2.45, 2.75) is 47.1 Å². The van der Waals surface area contributed by atoms with Crippen LogP contribution in [0.2, 0.25) is 0 Å². The molecule has 5 heteroatoms. The summed E-state index contributed by atoms with van der Waals surface area (Å²) in [6.45, 7) is 13.6. The summed E-state index contributed by atoms with van der Waals surface area (Å²) in [7, 11) is 0. The Morgan fingerprint density at radius 1 is 0.963 bits per heavy atom. The van der Waals surface area contributed by atoms with Crippen molar-refractivity contribution >= 4 is 11.8 Å². The molecule has 1 N–H and O–H groups in total. The summed E-state index contributed by atoms with van der Waals surface area (Å²) >= 11 is 0. The van der Waals surface area contributed by atoms with Crippen LogP contribution < -0.4 is 5.32 Å². The lowest BCUT2D eigenvalue weighted by Crippen LogP contribution is -2.52. The van der Waals surface area contributed by atoms with Gasteiger partial charge in [0.25, 0.3) is 0 Å². The van der Waals surface area contributed by atoms with Gasteiger partial charge in [0.05, 0.1) is 12.6 Å². The van der Waals surface area contributed by atoms with Gasteiger partial charge in [-0.3, -0.25) is 14.5 Å². The van der Waals surface area contributed by atoms with Gasteiger partial charge in [-0.05, 0) is 30.4 Å². The maximum atomic E-state index is 12.4. The number of carbonyl (C=O) groups is 2. The van der Waals surface area contributed by atoms with Crippen LogP contribution in [0.3, 0.4) is 0 Å². The Hall–Kier alpha value is -1.88. The minimum absolute atomic E-state index is 0.00518. The molecule has 2 rings (SSSR count). The first kappa shape index (κ1) is 21.4. The second kappa shape index (κ2) is 9.88. The second-order valence-electron chi connectivity index (χ2n) is 8.38. The van der Waals surface area contributed by atoms with Gasteiger partial charge in [-0.1, -0.05) is 52.0 Å². The summed E-state index contributed by atoms with van der Waals surface area (Å²) < 4.78 is 0. The number of nitrogens with zero attached hydrogens (tertiary/aromatic N) is 2. The molecule has 2 amide bonds. The molecule has 0 radical (unpaired) electrons. The first-order valence-electron chi connectivity index (χ1n) is 10.2. The minimum atomic E-state index is -0.00518. The average molecular weight is 374 g/mol. The van der Waals surface area contributed by atoms with Gasteiger partial charge in [0, 0.05) is 32.1 Å². The van der Waals surface area contributed by atoms with Gasteiger partial charge in [0.1, 0.15) is 0 Å². The van der Waals surface area contributed by atoms with Crippen molar-refractivity contribution in [3.63, 3.8) is 0 Å². The molecule has 0 aliphatic carbocycles. The Bertz CT molecular complexity index is 617. The Morgan fingerprint density at radius 2 is 1.56 bits per heavy atom. The molecule has 1 saturated heterocycles. The van der Waals surface area contributed by atoms with Gasteiger partial charge < -0.3 is 10.2 Å². The van der Waals surface area contributed by atoms with Crippen molar-refractivity contribution in [2.75, 3.05) is 32.7 Å². The lowest BCUT2D eigenvalue weighted by atomic mass is 10.00. The van der Waals surface area contributed by atoms with Crippen molar-refractivity contribution in [1.29, 1.82) is 0 Å². The molecule has 27 heavy (non-hydrogen) atoms. The van der Waals surface area contributed by atoms with E-state index >= 15 is 0 Å². The molecule has 1 fully saturated rings. The Kier molecular flexibility index (Phi) is 7.84. The maximum absolute atomic E-state index is 12.4. The highest BCUT2D eigenvalue weighted by Crippen LogP contribution is 2.15. The normalized spacial score (nSPS) is 16.6. The third-order valence-corrected chi connectivity index (χ3v) is 5.05. The molecule has 0 bridgehead atoms. The summed E-state index contributed by atoms with van der Waals surface area (Å²) in [6, 6.07) is 8.53. The van der Waals surface area contributed by atoms with E-state index < -0.39 is 0 Å². The zero-order valence-electron chi connectivity index (χ0n) is 17.5. The van der Waals surface area contributed by atoms with Crippen LogP contribution in [0.15, 0.2) is 24.3 Å². The van der Waals surface area contributed by atoms with E-state index in [1.807, 2.05) is 25.7 Å². The molecule has 1 aliphatic heterocycles. The third kappa shape index (κ3) is 6.65. The highest BCUT2D eigenvalue weighted by Gasteiger charge is 2.24. The fourth-order valence-electron chi connectivity index (χ4n) is 3.48. The highest BCUT2D eigenvalue weighted by molar-refractivity contribution is 5.79. The smallest absolute Gasteiger partial charge is 0.234 e. The number of rotatable bonds is 7. The molecule has 1 atom stereocenters. The van der Waals surface area contributed by atoms with Gasteiger partial charge in [-0.2, -0.15) is 0 Å². The standard InChI is InChI=1S/C22H35N3O2/c1-16(2)14-19-6-8-20(9-7-19)18(5)23-21(26)15-24-10-12-25(13-11-24)22(27)17(3)4/h6-9,16-18H,10-15H2,1-5H3,(H,23,26)/t18-/m0/s1. The first-order chi connectivity index (χ1) is 12.8. The molecule has 1 aliphatic rings. The number of piperazine rings is 1. The molecule has 1 heterocycles. The van der Waals surface area contributed by atoms with Crippen LogP contribution in [0.4, 0.5) is 0 Å². The van der Waals surface area contributed by atoms with Crippen molar-refractivity contribution in [3.05, 3.63) is 35.4 Å². The summed E-state index contributed by atoms with van der Waals surface area (Å²) in [5.74, 6) is 0.919. The van der Waals surface area contributed by atoms with E-state index in [-0.39, 0.29) is 23.8 Å². The predicted octanol–water partition coefficient (Wildman–Crippen LogP) is 2.86. The highest BCUT2D eigenvalue weighted by atomic mass is 16.2. The molecule has 0 aromatic heterocycles. The zero-order valence-corrected chi connectivity index (χ0v) is 17.5. The van der Waals surface area contributed by atoms with Crippen molar-refractivity contribution in [1.82, 2.24) is 15.1 Å². The third-order valence-electron chi connectivity index (χ3n) is 5.05. The molecular weight excluding hydrogens is 338 g/mol. The molecule has 1 aromatic carbocycles. The fourth-order valence-corrected chi connectivity index (χ4v) is 3.48. The summed E-state index contributed by atoms with van der Waals surface area (Å²) in [6.07, 6.45) is 1.08. The summed E-state index contributed by atoms with van der Waals surface area (Å²) in [5.41, 5.74) is 2.46. The average Bonchev–Trinajstić information content (AvgIpc) is 2.61. The van der Waals surface area contributed by atoms with Gasteiger partial charge in [0.15, 0.2) is 0 Å². The number of carbonyl (C=O) groups excluding carboxylic acids is 2. The van der Waals surface area contributed by atoms with Crippen molar-refractivity contribution in [3.8, 4) is 0 Å². The maximum Gasteiger partial charge on any atom is 0.234 e. The lowest BCUT2D eigenvalue weighted by Gasteiger charge is -2.35. The van der Waals surface area contributed by atoms with Crippen LogP contribution in [-0.2, 0) is 16.0 Å². The van der Waals surface area contributed by atoms with Crippen LogP contribution in [-0.4, -0.2) is 54.3 Å². The minimum Gasteiger partial charge on any atom is -0.348 e. The van der Waals surface area contributed by atoms with E-state index in [0.717, 1.165) is 25.1 Å². The monoisotopic (exact) mass is 373 g/mol. The summed E-state index contributed by atoms with van der Waals surface area (Å²) in [5, 5.41) is 3.09. The summed E-state index contributed by atoms with van der Waals surface area (Å²) in [4.78, 5) is 28.5. The van der Waals surface area contributed by atoms with Crippen LogP contribution >= 0.6 is 0 Å². The second-order valence-corrected chi connectivity index (χ2v) is 8.38. The van der Waals surface area contributed by atoms with E-state index in [4.69, 9.17) is 0 Å². The molecule has 0 spiro atoms. The molecular formula is C22H35N3O2. The SMILES string of the molecule is CC(C)Cc1ccc([C@H](C)NC(=O)CN2CCN(C(=O)C(C)C)CC2)cc1. The number of amides is 2. The topological polar surface area (TPSA) is 52.7 Å². The van der Waals surface area contributed by atoms with Gasteiger partial charge in [-0.15, -0.1) is 0 Å². The predicted molar refractivity (Wildman–Crippen MR) is 109 cm³/mol. The quantitative estimate of drug-likeness (QED) is 0.800. The van der Waals surface area contributed by atoms with Crippen LogP contribution in [0, 0.1) is 11.8 Å². The van der Waals surface area contributed by atoms with Gasteiger partial charge >= 0.3 is 0 Å². The van der Waals surface area contributed by atoms with Gasteiger partial charge in [-0.25, -0.2) is 0 Å². The van der Waals surface area contributed by atoms with Crippen molar-refractivity contribution < 1.29 is 9.59 Å². The van der Waals surface area contributed by atoms with E-state index in [1.165, 1.54) is 5.56 Å². The van der Waals surface area contributed by atoms with Gasteiger partial charge in [0.2, 0.25) is 11.8 Å². The van der Waals surface area contributed by atoms with Crippen molar-refractivity contribution in [2.24, 2.45) is 11.8 Å². The largest absolute Gasteiger partial charge is 0.348 e. The fraction of sp³-hybridized carbons (Fsp3) is 0.636. The Morgan fingerprint density at radius 3 is 2.07 bits per heavy atom. The molecule has 0 saturated carbocycles. The Balaban J connectivity index is 1.78. The Labute approximate surface area is 164 Å².